The van der Waals surface area contributed by atoms with Crippen LogP contribution in [0.1, 0.15) is 53.8 Å². The predicted octanol–water partition coefficient (Wildman–Crippen LogP) is 5.12. The van der Waals surface area contributed by atoms with Crippen molar-refractivity contribution in [2.75, 3.05) is 11.5 Å². The zero-order valence-electron chi connectivity index (χ0n) is 18.0. The molecule has 1 amide bonds. The molecule has 0 aliphatic carbocycles. The van der Waals surface area contributed by atoms with Crippen molar-refractivity contribution in [3.05, 3.63) is 93.7 Å². The summed E-state index contributed by atoms with van der Waals surface area (Å²) in [6, 6.07) is 21.5. The molecule has 1 atom stereocenters. The average Bonchev–Trinajstić information content (AvgIpc) is 3.27. The maximum absolute atomic E-state index is 12.7. The van der Waals surface area contributed by atoms with E-state index in [-0.39, 0.29) is 11.8 Å². The van der Waals surface area contributed by atoms with Gasteiger partial charge in [0.25, 0.3) is 0 Å². The minimum atomic E-state index is -3.47. The molecule has 0 fully saturated rings. The normalized spacial score (nSPS) is 12.6. The highest BCUT2D eigenvalue weighted by Crippen LogP contribution is 2.27. The minimum Gasteiger partial charge on any atom is -0.343 e. The number of aryl methyl sites for hydroxylation is 1. The lowest BCUT2D eigenvalue weighted by atomic mass is 9.98. The van der Waals surface area contributed by atoms with Crippen LogP contribution in [0.2, 0.25) is 0 Å². The standard InChI is InChI=1S/C25H29NO3S2/c1-19(2)21-12-14-22(15-13-21)25(23-11-6-16-30-23)26-24(27)18-31(28,29)17-7-10-20-8-4-3-5-9-20/h3-6,8-9,11-16,19,25H,7,10,17-18H2,1-2H3,(H,26,27). The van der Waals surface area contributed by atoms with E-state index in [0.29, 0.717) is 18.8 Å². The molecule has 3 rings (SSSR count). The maximum atomic E-state index is 12.7. The molecule has 164 valence electrons. The number of rotatable bonds is 10. The van der Waals surface area contributed by atoms with Gasteiger partial charge in [0, 0.05) is 4.88 Å². The van der Waals surface area contributed by atoms with E-state index in [1.165, 1.54) is 5.56 Å². The zero-order valence-corrected chi connectivity index (χ0v) is 19.6. The molecular weight excluding hydrogens is 426 g/mol. The number of sulfone groups is 1. The summed E-state index contributed by atoms with van der Waals surface area (Å²) in [6.07, 6.45) is 1.19. The van der Waals surface area contributed by atoms with Gasteiger partial charge >= 0.3 is 0 Å². The van der Waals surface area contributed by atoms with Gasteiger partial charge in [-0.25, -0.2) is 8.42 Å². The van der Waals surface area contributed by atoms with Gasteiger partial charge in [-0.2, -0.15) is 0 Å². The van der Waals surface area contributed by atoms with Crippen molar-refractivity contribution < 1.29 is 13.2 Å². The van der Waals surface area contributed by atoms with E-state index < -0.39 is 21.5 Å². The average molecular weight is 456 g/mol. The number of benzene rings is 2. The van der Waals surface area contributed by atoms with Gasteiger partial charge in [-0.3, -0.25) is 4.79 Å². The SMILES string of the molecule is CC(C)c1ccc(C(NC(=O)CS(=O)(=O)CCCc2ccccc2)c2cccs2)cc1. The van der Waals surface area contributed by atoms with Gasteiger partial charge in [0.15, 0.2) is 9.84 Å². The first-order valence-corrected chi connectivity index (χ1v) is 13.2. The summed E-state index contributed by atoms with van der Waals surface area (Å²) >= 11 is 1.54. The van der Waals surface area contributed by atoms with E-state index in [2.05, 4.69) is 31.3 Å². The van der Waals surface area contributed by atoms with Gasteiger partial charge in [0.1, 0.15) is 5.75 Å². The molecule has 3 aromatic rings. The zero-order chi connectivity index (χ0) is 22.3. The van der Waals surface area contributed by atoms with Crippen molar-refractivity contribution in [2.45, 2.75) is 38.6 Å². The molecule has 0 radical (unpaired) electrons. The van der Waals surface area contributed by atoms with E-state index in [0.717, 1.165) is 16.0 Å². The number of nitrogens with one attached hydrogen (secondary N) is 1. The Hall–Kier alpha value is -2.44. The first-order valence-electron chi connectivity index (χ1n) is 10.5. The van der Waals surface area contributed by atoms with E-state index in [4.69, 9.17) is 0 Å². The molecule has 0 aliphatic heterocycles. The van der Waals surface area contributed by atoms with Gasteiger partial charge in [0.05, 0.1) is 11.8 Å². The van der Waals surface area contributed by atoms with Gasteiger partial charge in [-0.1, -0.05) is 74.5 Å². The summed E-state index contributed by atoms with van der Waals surface area (Å²) < 4.78 is 25.0. The molecule has 1 unspecified atom stereocenters. The van der Waals surface area contributed by atoms with Crippen molar-refractivity contribution in [3.8, 4) is 0 Å². The third kappa shape index (κ3) is 7.04. The summed E-state index contributed by atoms with van der Waals surface area (Å²) in [5, 5.41) is 4.90. The van der Waals surface area contributed by atoms with Crippen LogP contribution >= 0.6 is 11.3 Å². The number of hydrogen-bond donors (Lipinski definition) is 1. The number of carbonyl (C=O) groups is 1. The van der Waals surface area contributed by atoms with Gasteiger partial charge in [-0.05, 0) is 46.9 Å². The Morgan fingerprint density at radius 3 is 2.23 bits per heavy atom. The lowest BCUT2D eigenvalue weighted by molar-refractivity contribution is -0.119. The molecule has 0 bridgehead atoms. The summed E-state index contributed by atoms with van der Waals surface area (Å²) in [4.78, 5) is 13.6. The second-order valence-corrected chi connectivity index (χ2v) is 11.2. The number of amides is 1. The third-order valence-electron chi connectivity index (χ3n) is 5.18. The molecule has 0 aliphatic rings. The largest absolute Gasteiger partial charge is 0.343 e. The van der Waals surface area contributed by atoms with Gasteiger partial charge < -0.3 is 5.32 Å². The van der Waals surface area contributed by atoms with Gasteiger partial charge in [-0.15, -0.1) is 11.3 Å². The Balaban J connectivity index is 1.63. The van der Waals surface area contributed by atoms with E-state index in [9.17, 15) is 13.2 Å². The Bertz CT molecular complexity index is 1060. The molecule has 0 spiro atoms. The van der Waals surface area contributed by atoms with Crippen molar-refractivity contribution in [3.63, 3.8) is 0 Å². The Morgan fingerprint density at radius 1 is 0.935 bits per heavy atom. The molecule has 6 heteroatoms. The smallest absolute Gasteiger partial charge is 0.235 e. The topological polar surface area (TPSA) is 63.2 Å². The molecule has 1 heterocycles. The number of hydrogen-bond acceptors (Lipinski definition) is 4. The maximum Gasteiger partial charge on any atom is 0.235 e. The number of carbonyl (C=O) groups excluding carboxylic acids is 1. The highest BCUT2D eigenvalue weighted by Gasteiger charge is 2.22. The molecule has 4 nitrogen and oxygen atoms in total. The van der Waals surface area contributed by atoms with E-state index in [1.54, 1.807) is 11.3 Å². The second-order valence-electron chi connectivity index (χ2n) is 8.02. The monoisotopic (exact) mass is 455 g/mol. The van der Waals surface area contributed by atoms with Crippen LogP contribution in [-0.2, 0) is 21.1 Å². The van der Waals surface area contributed by atoms with Crippen LogP contribution in [0.25, 0.3) is 0 Å². The summed E-state index contributed by atoms with van der Waals surface area (Å²) in [7, 11) is -3.47. The quantitative estimate of drug-likeness (QED) is 0.461. The molecule has 0 saturated carbocycles. The Kier molecular flexibility index (Phi) is 8.04. The molecule has 0 saturated heterocycles. The number of thiophene rings is 1. The van der Waals surface area contributed by atoms with Gasteiger partial charge in [0.2, 0.25) is 5.91 Å². The van der Waals surface area contributed by atoms with Crippen LogP contribution in [0.3, 0.4) is 0 Å². The highest BCUT2D eigenvalue weighted by molar-refractivity contribution is 7.92. The first-order chi connectivity index (χ1) is 14.8. The van der Waals surface area contributed by atoms with Crippen molar-refractivity contribution in [2.24, 2.45) is 0 Å². The van der Waals surface area contributed by atoms with Crippen LogP contribution in [0, 0.1) is 0 Å². The molecular formula is C25H29NO3S2. The van der Waals surface area contributed by atoms with E-state index in [1.807, 2.05) is 60.0 Å². The molecule has 2 aromatic carbocycles. The summed E-state index contributed by atoms with van der Waals surface area (Å²) in [6.45, 7) is 4.27. The van der Waals surface area contributed by atoms with E-state index >= 15 is 0 Å². The van der Waals surface area contributed by atoms with Crippen LogP contribution < -0.4 is 5.32 Å². The van der Waals surface area contributed by atoms with Crippen LogP contribution in [0.4, 0.5) is 0 Å². The first kappa shape index (κ1) is 23.2. The van der Waals surface area contributed by atoms with Crippen molar-refractivity contribution in [1.82, 2.24) is 5.32 Å². The molecule has 1 aromatic heterocycles. The third-order valence-corrected chi connectivity index (χ3v) is 7.73. The van der Waals surface area contributed by atoms with Crippen LogP contribution in [0.5, 0.6) is 0 Å². The second kappa shape index (κ2) is 10.7. The van der Waals surface area contributed by atoms with Crippen LogP contribution in [0.15, 0.2) is 72.1 Å². The Labute approximate surface area is 189 Å². The van der Waals surface area contributed by atoms with Crippen molar-refractivity contribution in [1.29, 1.82) is 0 Å². The fourth-order valence-corrected chi connectivity index (χ4v) is 5.48. The summed E-state index contributed by atoms with van der Waals surface area (Å²) in [5.41, 5.74) is 3.27. The predicted molar refractivity (Wildman–Crippen MR) is 128 cm³/mol. The lowest BCUT2D eigenvalue weighted by Gasteiger charge is -2.19. The van der Waals surface area contributed by atoms with Crippen LogP contribution in [-0.4, -0.2) is 25.8 Å². The molecule has 31 heavy (non-hydrogen) atoms. The minimum absolute atomic E-state index is 0.00205. The molecule has 1 N–H and O–H groups in total. The lowest BCUT2D eigenvalue weighted by Crippen LogP contribution is -2.34. The Morgan fingerprint density at radius 2 is 1.61 bits per heavy atom. The summed E-state index contributed by atoms with van der Waals surface area (Å²) in [5.74, 6) is -0.536. The van der Waals surface area contributed by atoms with Crippen molar-refractivity contribution >= 4 is 27.1 Å². The highest BCUT2D eigenvalue weighted by atomic mass is 32.2. The fourth-order valence-electron chi connectivity index (χ4n) is 3.46. The fraction of sp³-hybridized carbons (Fsp3) is 0.320.